The van der Waals surface area contributed by atoms with Crippen molar-refractivity contribution >= 4 is 40.7 Å². The topological polar surface area (TPSA) is 104 Å². The number of amides is 3. The third-order valence-corrected chi connectivity index (χ3v) is 5.70. The first-order valence-corrected chi connectivity index (χ1v) is 11.4. The highest BCUT2D eigenvalue weighted by Gasteiger charge is 2.44. The Labute approximate surface area is 207 Å². The van der Waals surface area contributed by atoms with Gasteiger partial charge in [-0.2, -0.15) is 0 Å². The molecule has 1 aromatic heterocycles. The molecule has 1 atom stereocenters. The highest BCUT2D eigenvalue weighted by Crippen LogP contribution is 2.23. The zero-order valence-corrected chi connectivity index (χ0v) is 19.8. The van der Waals surface area contributed by atoms with E-state index in [0.29, 0.717) is 18.0 Å². The minimum Gasteiger partial charge on any atom is -0.494 e. The molecule has 3 aromatic rings. The van der Waals surface area contributed by atoms with E-state index in [1.165, 1.54) is 22.2 Å². The quantitative estimate of drug-likeness (QED) is 0.442. The second kappa shape index (κ2) is 10.8. The number of carbonyl (C=O) groups is 3. The van der Waals surface area contributed by atoms with Gasteiger partial charge in [0.2, 0.25) is 5.91 Å². The van der Waals surface area contributed by atoms with Crippen LogP contribution in [0.25, 0.3) is 0 Å². The number of furan rings is 1. The Balaban J connectivity index is 1.51. The Morgan fingerprint density at radius 2 is 1.80 bits per heavy atom. The molecule has 1 aliphatic rings. The van der Waals surface area contributed by atoms with E-state index in [1.54, 1.807) is 30.3 Å². The number of anilines is 1. The largest absolute Gasteiger partial charge is 0.494 e. The van der Waals surface area contributed by atoms with E-state index >= 15 is 0 Å². The van der Waals surface area contributed by atoms with Gasteiger partial charge >= 0.3 is 5.91 Å². The van der Waals surface area contributed by atoms with Gasteiger partial charge in [0.25, 0.3) is 5.91 Å². The molecule has 1 fully saturated rings. The first-order valence-electron chi connectivity index (χ1n) is 11.0. The van der Waals surface area contributed by atoms with Gasteiger partial charge in [0, 0.05) is 5.69 Å². The van der Waals surface area contributed by atoms with E-state index in [-0.39, 0.29) is 29.7 Å². The second-order valence-corrected chi connectivity index (χ2v) is 8.07. The molecule has 0 saturated carbocycles. The summed E-state index contributed by atoms with van der Waals surface area (Å²) >= 11 is 5.52. The smallest absolute Gasteiger partial charge is 0.305 e. The van der Waals surface area contributed by atoms with Crippen LogP contribution in [0.2, 0.25) is 0 Å². The number of hydrogen-bond acceptors (Lipinski definition) is 6. The van der Waals surface area contributed by atoms with Gasteiger partial charge in [-0.15, -0.1) is 0 Å². The summed E-state index contributed by atoms with van der Waals surface area (Å²) in [5.74, 6) is -0.636. The summed E-state index contributed by atoms with van der Waals surface area (Å²) < 4.78 is 10.6. The van der Waals surface area contributed by atoms with Crippen molar-refractivity contribution in [3.05, 3.63) is 84.3 Å². The van der Waals surface area contributed by atoms with E-state index < -0.39 is 17.9 Å². The number of benzene rings is 2. The van der Waals surface area contributed by atoms with Gasteiger partial charge in [0.1, 0.15) is 11.8 Å². The van der Waals surface area contributed by atoms with Crippen LogP contribution >= 0.6 is 12.2 Å². The van der Waals surface area contributed by atoms with Gasteiger partial charge in [-0.05, 0) is 61.1 Å². The Morgan fingerprint density at radius 1 is 1.06 bits per heavy atom. The Hall–Kier alpha value is -4.18. The van der Waals surface area contributed by atoms with Gasteiger partial charge in [-0.3, -0.25) is 24.7 Å². The molecule has 9 nitrogen and oxygen atoms in total. The first-order chi connectivity index (χ1) is 17.0. The van der Waals surface area contributed by atoms with Crippen LogP contribution in [0.3, 0.4) is 0 Å². The minimum atomic E-state index is -1.02. The fourth-order valence-electron chi connectivity index (χ4n) is 3.62. The van der Waals surface area contributed by atoms with Gasteiger partial charge in [-0.1, -0.05) is 30.3 Å². The van der Waals surface area contributed by atoms with Gasteiger partial charge < -0.3 is 14.5 Å². The Morgan fingerprint density at radius 3 is 2.46 bits per heavy atom. The lowest BCUT2D eigenvalue weighted by Crippen LogP contribution is -2.49. The fourth-order valence-corrected chi connectivity index (χ4v) is 3.95. The molecule has 0 spiro atoms. The number of thiocarbonyl (C=S) groups is 1. The fraction of sp³-hybridized carbons (Fsp3) is 0.200. The highest BCUT2D eigenvalue weighted by molar-refractivity contribution is 7.80. The standard InChI is InChI=1S/C25H24N4O5S/c1-2-33-19-12-10-18(11-13-19)26-22(30)15-20-24(32)28(16-17-7-4-3-5-8-17)25(35)29(20)27-23(31)21-9-6-14-34-21/h3-14,20H,2,15-16H2,1H3,(H,26,30)(H,27,31). The van der Waals surface area contributed by atoms with Crippen molar-refractivity contribution in [1.82, 2.24) is 15.3 Å². The van der Waals surface area contributed by atoms with E-state index in [9.17, 15) is 14.4 Å². The van der Waals surface area contributed by atoms with E-state index in [0.717, 1.165) is 5.56 Å². The SMILES string of the molecule is CCOc1ccc(NC(=O)CC2C(=O)N(Cc3ccccc3)C(=S)N2NC(=O)c2ccco2)cc1. The zero-order chi connectivity index (χ0) is 24.8. The van der Waals surface area contributed by atoms with Crippen molar-refractivity contribution in [3.63, 3.8) is 0 Å². The lowest BCUT2D eigenvalue weighted by atomic mass is 10.1. The molecule has 2 N–H and O–H groups in total. The molecule has 1 unspecified atom stereocenters. The lowest BCUT2D eigenvalue weighted by molar-refractivity contribution is -0.131. The molecular formula is C25H24N4O5S. The van der Waals surface area contributed by atoms with Gasteiger partial charge in [0.15, 0.2) is 10.9 Å². The predicted molar refractivity (Wildman–Crippen MR) is 132 cm³/mol. The van der Waals surface area contributed by atoms with Crippen LogP contribution in [0.4, 0.5) is 5.69 Å². The predicted octanol–water partition coefficient (Wildman–Crippen LogP) is 3.35. The summed E-state index contributed by atoms with van der Waals surface area (Å²) in [4.78, 5) is 40.2. The van der Waals surface area contributed by atoms with Crippen molar-refractivity contribution in [2.75, 3.05) is 11.9 Å². The van der Waals surface area contributed by atoms with Crippen LogP contribution in [0.1, 0.15) is 29.5 Å². The Kier molecular flexibility index (Phi) is 7.41. The summed E-state index contributed by atoms with van der Waals surface area (Å²) in [5, 5.41) is 4.12. The summed E-state index contributed by atoms with van der Waals surface area (Å²) in [6, 6.07) is 18.3. The van der Waals surface area contributed by atoms with Crippen molar-refractivity contribution in [3.8, 4) is 5.75 Å². The lowest BCUT2D eigenvalue weighted by Gasteiger charge is -2.23. The number of ether oxygens (including phenoxy) is 1. The molecule has 1 saturated heterocycles. The van der Waals surface area contributed by atoms with Gasteiger partial charge in [0.05, 0.1) is 25.8 Å². The van der Waals surface area contributed by atoms with Crippen molar-refractivity contribution in [2.45, 2.75) is 25.9 Å². The summed E-state index contributed by atoms with van der Waals surface area (Å²) in [5.41, 5.74) is 4.03. The molecule has 10 heteroatoms. The summed E-state index contributed by atoms with van der Waals surface area (Å²) in [7, 11) is 0. The molecule has 35 heavy (non-hydrogen) atoms. The van der Waals surface area contributed by atoms with E-state index in [1.807, 2.05) is 37.3 Å². The Bertz CT molecular complexity index is 1200. The van der Waals surface area contributed by atoms with Crippen LogP contribution in [0.15, 0.2) is 77.4 Å². The van der Waals surface area contributed by atoms with Crippen LogP contribution in [-0.4, -0.2) is 45.4 Å². The molecule has 0 aliphatic carbocycles. The van der Waals surface area contributed by atoms with Gasteiger partial charge in [-0.25, -0.2) is 5.01 Å². The monoisotopic (exact) mass is 492 g/mol. The number of carbonyl (C=O) groups excluding carboxylic acids is 3. The summed E-state index contributed by atoms with van der Waals surface area (Å²) in [6.07, 6.45) is 1.14. The number of nitrogens with one attached hydrogen (secondary N) is 2. The van der Waals surface area contributed by atoms with Crippen LogP contribution < -0.4 is 15.5 Å². The molecular weight excluding hydrogens is 468 g/mol. The molecule has 4 rings (SSSR count). The molecule has 3 amide bonds. The summed E-state index contributed by atoms with van der Waals surface area (Å²) in [6.45, 7) is 2.63. The highest BCUT2D eigenvalue weighted by atomic mass is 32.1. The minimum absolute atomic E-state index is 0.0550. The van der Waals surface area contributed by atoms with Crippen LogP contribution in [0, 0.1) is 0 Å². The van der Waals surface area contributed by atoms with Crippen molar-refractivity contribution in [2.24, 2.45) is 0 Å². The molecule has 0 radical (unpaired) electrons. The maximum Gasteiger partial charge on any atom is 0.305 e. The number of hydrogen-bond donors (Lipinski definition) is 2. The van der Waals surface area contributed by atoms with E-state index in [4.69, 9.17) is 21.4 Å². The normalized spacial score (nSPS) is 15.3. The zero-order valence-electron chi connectivity index (χ0n) is 19.0. The number of nitrogens with zero attached hydrogens (tertiary/aromatic N) is 2. The van der Waals surface area contributed by atoms with Crippen LogP contribution in [0.5, 0.6) is 5.75 Å². The number of hydrazine groups is 1. The maximum atomic E-state index is 13.3. The molecule has 180 valence electrons. The average Bonchev–Trinajstić information content (AvgIpc) is 3.47. The molecule has 0 bridgehead atoms. The third-order valence-electron chi connectivity index (χ3n) is 5.28. The van der Waals surface area contributed by atoms with Crippen LogP contribution in [-0.2, 0) is 16.1 Å². The van der Waals surface area contributed by atoms with E-state index in [2.05, 4.69) is 10.7 Å². The third kappa shape index (κ3) is 5.67. The number of rotatable bonds is 9. The first kappa shape index (κ1) is 24.0. The van der Waals surface area contributed by atoms with Crippen molar-refractivity contribution < 1.29 is 23.5 Å². The average molecular weight is 493 g/mol. The second-order valence-electron chi connectivity index (χ2n) is 7.71. The van der Waals surface area contributed by atoms with Crippen molar-refractivity contribution in [1.29, 1.82) is 0 Å². The molecule has 1 aliphatic heterocycles. The molecule has 2 heterocycles. The maximum absolute atomic E-state index is 13.3. The molecule has 2 aromatic carbocycles.